The van der Waals surface area contributed by atoms with Gasteiger partial charge < -0.3 is 14.2 Å². The number of allylic oxidation sites excluding steroid dienone is 2. The topological polar surface area (TPSA) is 65.5 Å². The van der Waals surface area contributed by atoms with Gasteiger partial charge in [-0.05, 0) is 23.3 Å². The lowest BCUT2D eigenvalue weighted by Gasteiger charge is -2.24. The first-order valence-electron chi connectivity index (χ1n) is 7.73. The third-order valence-electron chi connectivity index (χ3n) is 4.61. The number of rotatable bonds is 2. The molecule has 2 N–H and O–H groups in total. The van der Waals surface area contributed by atoms with Gasteiger partial charge in [0.15, 0.2) is 23.3 Å². The van der Waals surface area contributed by atoms with Crippen LogP contribution in [0.2, 0.25) is 0 Å². The van der Waals surface area contributed by atoms with E-state index in [0.717, 1.165) is 42.0 Å². The highest BCUT2D eigenvalue weighted by Gasteiger charge is 2.38. The summed E-state index contributed by atoms with van der Waals surface area (Å²) in [7, 11) is 3.22. The van der Waals surface area contributed by atoms with E-state index < -0.39 is 6.10 Å². The minimum atomic E-state index is -0.435. The minimum Gasteiger partial charge on any atom is -0.495 e. The van der Waals surface area contributed by atoms with Crippen LogP contribution in [0.15, 0.2) is 35.6 Å². The van der Waals surface area contributed by atoms with Crippen molar-refractivity contribution in [3.8, 4) is 11.5 Å². The van der Waals surface area contributed by atoms with Crippen LogP contribution < -0.4 is 14.5 Å². The molecule has 0 aromatic heterocycles. The molecule has 0 spiro atoms. The lowest BCUT2D eigenvalue weighted by atomic mass is 9.90. The maximum atomic E-state index is 8.40. The fourth-order valence-electron chi connectivity index (χ4n) is 3.47. The highest BCUT2D eigenvalue weighted by molar-refractivity contribution is 6.08. The van der Waals surface area contributed by atoms with E-state index in [9.17, 15) is 0 Å². The second-order valence-electron chi connectivity index (χ2n) is 5.85. The summed E-state index contributed by atoms with van der Waals surface area (Å²) >= 11 is 0. The Labute approximate surface area is 134 Å². The van der Waals surface area contributed by atoms with Gasteiger partial charge in [-0.2, -0.15) is 0 Å². The lowest BCUT2D eigenvalue weighted by Crippen LogP contribution is -2.75. The molecule has 0 radical (unpaired) electrons. The normalized spacial score (nSPS) is 21.7. The Bertz CT molecular complexity index is 790. The van der Waals surface area contributed by atoms with Crippen molar-refractivity contribution < 1.29 is 19.2 Å². The van der Waals surface area contributed by atoms with Crippen molar-refractivity contribution in [1.82, 2.24) is 0 Å². The zero-order valence-electron chi connectivity index (χ0n) is 13.2. The molecule has 2 aliphatic heterocycles. The number of hydrogen-bond donors (Lipinski definition) is 2. The number of ether oxygens (including phenoxy) is 3. The first-order valence-corrected chi connectivity index (χ1v) is 7.73. The van der Waals surface area contributed by atoms with Crippen LogP contribution in [0.4, 0.5) is 0 Å². The van der Waals surface area contributed by atoms with E-state index in [2.05, 4.69) is 11.1 Å². The third kappa shape index (κ3) is 2.07. The molecule has 0 fully saturated rings. The molecule has 0 saturated carbocycles. The number of nitrogens with one attached hydrogen (secondary N) is 2. The highest BCUT2D eigenvalue weighted by Crippen LogP contribution is 2.40. The molecule has 1 aliphatic carbocycles. The monoisotopic (exact) mass is 311 g/mol. The SMILES string of the molecule is COC1=CC=C2CC3=[NH+]CCc4ccc(OC)c(c43)O[C@@H]2C1=N. The Hall–Kier alpha value is -2.56. The number of benzene rings is 1. The highest BCUT2D eigenvalue weighted by atomic mass is 16.5. The van der Waals surface area contributed by atoms with Crippen molar-refractivity contribution in [1.29, 1.82) is 5.41 Å². The lowest BCUT2D eigenvalue weighted by molar-refractivity contribution is -0.458. The molecule has 0 saturated heterocycles. The minimum absolute atomic E-state index is 0.351. The predicted molar refractivity (Wildman–Crippen MR) is 86.6 cm³/mol. The van der Waals surface area contributed by atoms with Crippen molar-refractivity contribution in [3.63, 3.8) is 0 Å². The molecule has 3 aliphatic rings. The molecule has 1 atom stereocenters. The summed E-state index contributed by atoms with van der Waals surface area (Å²) in [6.45, 7) is 0.919. The Morgan fingerprint density at radius 1 is 1.22 bits per heavy atom. The van der Waals surface area contributed by atoms with E-state index >= 15 is 0 Å². The maximum absolute atomic E-state index is 8.40. The fraction of sp³-hybridized carbons (Fsp3) is 0.333. The third-order valence-corrected chi connectivity index (χ3v) is 4.61. The van der Waals surface area contributed by atoms with Crippen LogP contribution in [0.1, 0.15) is 17.5 Å². The molecular formula is C18H19N2O3+. The zero-order chi connectivity index (χ0) is 16.0. The maximum Gasteiger partial charge on any atom is 0.190 e. The first-order chi connectivity index (χ1) is 11.2. The van der Waals surface area contributed by atoms with Crippen LogP contribution >= 0.6 is 0 Å². The summed E-state index contributed by atoms with van der Waals surface area (Å²) in [6.07, 6.45) is 5.11. The average molecular weight is 311 g/mol. The Morgan fingerprint density at radius 2 is 2.09 bits per heavy atom. The van der Waals surface area contributed by atoms with E-state index in [4.69, 9.17) is 19.6 Å². The van der Waals surface area contributed by atoms with Crippen LogP contribution in [0.25, 0.3) is 0 Å². The van der Waals surface area contributed by atoms with Gasteiger partial charge in [0.2, 0.25) is 0 Å². The van der Waals surface area contributed by atoms with Crippen molar-refractivity contribution in [3.05, 3.63) is 46.7 Å². The number of methoxy groups -OCH3 is 2. The van der Waals surface area contributed by atoms with E-state index in [0.29, 0.717) is 17.2 Å². The summed E-state index contributed by atoms with van der Waals surface area (Å²) in [5.41, 5.74) is 4.92. The van der Waals surface area contributed by atoms with E-state index in [1.807, 2.05) is 18.2 Å². The standard InChI is InChI=1S/C18H18N2O3/c1-21-13-5-4-11-9-12-15-10(7-8-20-12)3-6-14(22-2)18(15)23-17(11)16(13)19/h3-6,17,19H,7-9H2,1-2H3/p+1/t17-/m0/s1. The summed E-state index contributed by atoms with van der Waals surface area (Å²) in [5.74, 6) is 1.97. The van der Waals surface area contributed by atoms with Gasteiger partial charge in [0.25, 0.3) is 0 Å². The average Bonchev–Trinajstić information content (AvgIpc) is 2.75. The van der Waals surface area contributed by atoms with Gasteiger partial charge in [-0.25, -0.2) is 4.99 Å². The van der Waals surface area contributed by atoms with Gasteiger partial charge in [-0.3, -0.25) is 5.41 Å². The van der Waals surface area contributed by atoms with Gasteiger partial charge in [-0.1, -0.05) is 12.1 Å². The molecule has 0 bridgehead atoms. The summed E-state index contributed by atoms with van der Waals surface area (Å²) in [5, 5.41) is 8.40. The van der Waals surface area contributed by atoms with Crippen molar-refractivity contribution in [2.75, 3.05) is 20.8 Å². The van der Waals surface area contributed by atoms with Crippen LogP contribution in [-0.2, 0) is 11.2 Å². The summed E-state index contributed by atoms with van der Waals surface area (Å²) in [6, 6.07) is 4.06. The Morgan fingerprint density at radius 3 is 2.87 bits per heavy atom. The second-order valence-corrected chi connectivity index (χ2v) is 5.85. The molecule has 5 heteroatoms. The molecule has 1 aromatic carbocycles. The Kier molecular flexibility index (Phi) is 3.22. The first kappa shape index (κ1) is 14.1. The molecule has 1 aromatic rings. The van der Waals surface area contributed by atoms with E-state index in [1.54, 1.807) is 14.2 Å². The molecule has 5 nitrogen and oxygen atoms in total. The van der Waals surface area contributed by atoms with Gasteiger partial charge in [-0.15, -0.1) is 0 Å². The van der Waals surface area contributed by atoms with Gasteiger partial charge in [0.05, 0.1) is 26.2 Å². The van der Waals surface area contributed by atoms with Gasteiger partial charge in [0.1, 0.15) is 18.0 Å². The van der Waals surface area contributed by atoms with E-state index in [-0.39, 0.29) is 0 Å². The smallest absolute Gasteiger partial charge is 0.190 e. The summed E-state index contributed by atoms with van der Waals surface area (Å²) in [4.78, 5) is 3.50. The molecule has 4 rings (SSSR count). The fourth-order valence-corrected chi connectivity index (χ4v) is 3.47. The predicted octanol–water partition coefficient (Wildman–Crippen LogP) is 0.762. The molecule has 0 unspecified atom stereocenters. The molecule has 0 amide bonds. The van der Waals surface area contributed by atoms with Crippen LogP contribution in [0.3, 0.4) is 0 Å². The molecule has 23 heavy (non-hydrogen) atoms. The van der Waals surface area contributed by atoms with Gasteiger partial charge >= 0.3 is 0 Å². The second kappa shape index (κ2) is 5.26. The Balaban J connectivity index is 1.89. The molecular weight excluding hydrogens is 292 g/mol. The quantitative estimate of drug-likeness (QED) is 0.847. The van der Waals surface area contributed by atoms with Crippen molar-refractivity contribution in [2.24, 2.45) is 0 Å². The number of fused-ring (bicyclic) bond motifs is 1. The van der Waals surface area contributed by atoms with Crippen molar-refractivity contribution in [2.45, 2.75) is 18.9 Å². The largest absolute Gasteiger partial charge is 0.495 e. The van der Waals surface area contributed by atoms with Crippen LogP contribution in [0, 0.1) is 5.41 Å². The zero-order valence-corrected chi connectivity index (χ0v) is 13.2. The number of hydrogen-bond acceptors (Lipinski definition) is 4. The van der Waals surface area contributed by atoms with Crippen LogP contribution in [-0.4, -0.2) is 38.3 Å². The van der Waals surface area contributed by atoms with E-state index in [1.165, 1.54) is 5.56 Å². The summed E-state index contributed by atoms with van der Waals surface area (Å²) < 4.78 is 17.1. The van der Waals surface area contributed by atoms with Crippen molar-refractivity contribution >= 4 is 11.4 Å². The molecule has 118 valence electrons. The molecule has 2 heterocycles. The van der Waals surface area contributed by atoms with Crippen LogP contribution in [0.5, 0.6) is 11.5 Å². The van der Waals surface area contributed by atoms with Gasteiger partial charge in [0, 0.05) is 6.42 Å².